The number of likely N-dealkylation sites (N-methyl/N-ethyl adjacent to an activating group) is 1. The third-order valence-corrected chi connectivity index (χ3v) is 5.96. The average molecular weight is 445 g/mol. The maximum absolute atomic E-state index is 5.70. The molecule has 1 aliphatic rings. The number of hydrogen-bond donors (Lipinski definition) is 3. The molecule has 0 amide bonds. The normalized spacial score (nSPS) is 14.5. The molecule has 3 N–H and O–H groups in total. The molecule has 0 bridgehead atoms. The van der Waals surface area contributed by atoms with Gasteiger partial charge >= 0.3 is 0 Å². The lowest BCUT2D eigenvalue weighted by atomic mass is 10.2. The standard InChI is InChI=1S/C24H28N8O/c1-16-14-25-24(29-23(16)27-18-5-4-17-15-26-30-20(17)12-18)28-19-6-7-21(22(13-19)33-3)32-10-8-31(2)9-11-32/h4-7,12-15H,8-11H2,1-3H3,(H,26,30)(H2,25,27,28,29). The molecule has 9 heteroatoms. The van der Waals surface area contributed by atoms with Crippen molar-refractivity contribution >= 4 is 39.7 Å². The van der Waals surface area contributed by atoms with Crippen LogP contribution in [0.4, 0.5) is 28.8 Å². The van der Waals surface area contributed by atoms with Crippen LogP contribution in [0, 0.1) is 6.92 Å². The minimum Gasteiger partial charge on any atom is -0.495 e. The Hall–Kier alpha value is -3.85. The zero-order valence-electron chi connectivity index (χ0n) is 19.1. The van der Waals surface area contributed by atoms with Gasteiger partial charge in [0.05, 0.1) is 24.5 Å². The first-order valence-corrected chi connectivity index (χ1v) is 11.0. The summed E-state index contributed by atoms with van der Waals surface area (Å²) in [5.41, 5.74) is 4.83. The average Bonchev–Trinajstić information content (AvgIpc) is 3.30. The van der Waals surface area contributed by atoms with Crippen LogP contribution in [0.3, 0.4) is 0 Å². The SMILES string of the molecule is COc1cc(Nc2ncc(C)c(Nc3ccc4cn[nH]c4c3)n2)ccc1N1CCN(C)CC1. The Morgan fingerprint density at radius 3 is 2.58 bits per heavy atom. The van der Waals surface area contributed by atoms with E-state index < -0.39 is 0 Å². The fourth-order valence-electron chi connectivity index (χ4n) is 3.97. The number of fused-ring (bicyclic) bond motifs is 1. The second-order valence-electron chi connectivity index (χ2n) is 8.32. The summed E-state index contributed by atoms with van der Waals surface area (Å²) >= 11 is 0. The van der Waals surface area contributed by atoms with E-state index in [1.807, 2.05) is 43.5 Å². The number of rotatable bonds is 6. The molecule has 1 fully saturated rings. The second kappa shape index (κ2) is 8.95. The van der Waals surface area contributed by atoms with Crippen LogP contribution in [-0.2, 0) is 0 Å². The van der Waals surface area contributed by atoms with Gasteiger partial charge in [-0.15, -0.1) is 0 Å². The number of methoxy groups -OCH3 is 1. The maximum Gasteiger partial charge on any atom is 0.229 e. The molecule has 33 heavy (non-hydrogen) atoms. The number of benzene rings is 2. The monoisotopic (exact) mass is 444 g/mol. The molecule has 1 aliphatic heterocycles. The molecule has 0 saturated carbocycles. The number of aromatic nitrogens is 4. The van der Waals surface area contributed by atoms with Crippen molar-refractivity contribution in [2.45, 2.75) is 6.92 Å². The molecule has 9 nitrogen and oxygen atoms in total. The molecule has 1 saturated heterocycles. The summed E-state index contributed by atoms with van der Waals surface area (Å²) in [6.45, 7) is 6.04. The Morgan fingerprint density at radius 2 is 1.76 bits per heavy atom. The molecular formula is C24H28N8O. The van der Waals surface area contributed by atoms with Crippen molar-refractivity contribution in [3.63, 3.8) is 0 Å². The molecule has 0 atom stereocenters. The van der Waals surface area contributed by atoms with Gasteiger partial charge in [0.25, 0.3) is 0 Å². The smallest absolute Gasteiger partial charge is 0.229 e. The van der Waals surface area contributed by atoms with E-state index in [-0.39, 0.29) is 0 Å². The van der Waals surface area contributed by atoms with Crippen molar-refractivity contribution in [1.82, 2.24) is 25.1 Å². The summed E-state index contributed by atoms with van der Waals surface area (Å²) in [5, 5.41) is 14.8. The number of nitrogens with zero attached hydrogens (tertiary/aromatic N) is 5. The number of nitrogens with one attached hydrogen (secondary N) is 3. The quantitative estimate of drug-likeness (QED) is 0.412. The van der Waals surface area contributed by atoms with Gasteiger partial charge in [-0.25, -0.2) is 4.98 Å². The van der Waals surface area contributed by atoms with Crippen LogP contribution in [0.5, 0.6) is 5.75 Å². The van der Waals surface area contributed by atoms with E-state index in [4.69, 9.17) is 9.72 Å². The molecule has 5 rings (SSSR count). The van der Waals surface area contributed by atoms with E-state index in [1.165, 1.54) is 0 Å². The lowest BCUT2D eigenvalue weighted by molar-refractivity contribution is 0.311. The molecule has 2 aromatic heterocycles. The Kier molecular flexibility index (Phi) is 5.70. The third kappa shape index (κ3) is 4.54. The summed E-state index contributed by atoms with van der Waals surface area (Å²) in [4.78, 5) is 13.9. The van der Waals surface area contributed by atoms with Gasteiger partial charge in [-0.2, -0.15) is 10.1 Å². The van der Waals surface area contributed by atoms with Gasteiger partial charge < -0.3 is 25.2 Å². The highest BCUT2D eigenvalue weighted by Gasteiger charge is 2.18. The number of anilines is 5. The molecule has 4 aromatic rings. The lowest BCUT2D eigenvalue weighted by Crippen LogP contribution is -2.44. The van der Waals surface area contributed by atoms with Gasteiger partial charge in [0.15, 0.2) is 0 Å². The van der Waals surface area contributed by atoms with Crippen molar-refractivity contribution in [1.29, 1.82) is 0 Å². The first kappa shape index (κ1) is 21.0. The maximum atomic E-state index is 5.70. The molecule has 0 radical (unpaired) electrons. The zero-order chi connectivity index (χ0) is 22.8. The van der Waals surface area contributed by atoms with Crippen LogP contribution in [0.15, 0.2) is 48.8 Å². The van der Waals surface area contributed by atoms with Gasteiger partial charge in [0.2, 0.25) is 5.95 Å². The number of H-pyrrole nitrogens is 1. The Labute approximate surface area is 192 Å². The highest BCUT2D eigenvalue weighted by Crippen LogP contribution is 2.33. The largest absolute Gasteiger partial charge is 0.495 e. The van der Waals surface area contributed by atoms with E-state index in [9.17, 15) is 0 Å². The fraction of sp³-hybridized carbons (Fsp3) is 0.292. The number of aryl methyl sites for hydroxylation is 1. The van der Waals surface area contributed by atoms with Crippen LogP contribution in [0.2, 0.25) is 0 Å². The molecule has 170 valence electrons. The molecule has 0 spiro atoms. The van der Waals surface area contributed by atoms with Crippen LogP contribution in [-0.4, -0.2) is 65.4 Å². The Morgan fingerprint density at radius 1 is 0.970 bits per heavy atom. The molecule has 0 unspecified atom stereocenters. The van der Waals surface area contributed by atoms with Crippen LogP contribution in [0.25, 0.3) is 10.9 Å². The van der Waals surface area contributed by atoms with Gasteiger partial charge in [-0.05, 0) is 44.3 Å². The highest BCUT2D eigenvalue weighted by atomic mass is 16.5. The van der Waals surface area contributed by atoms with E-state index in [0.717, 1.165) is 71.3 Å². The number of hydrogen-bond acceptors (Lipinski definition) is 8. The molecular weight excluding hydrogens is 416 g/mol. The third-order valence-electron chi connectivity index (χ3n) is 5.96. The van der Waals surface area contributed by atoms with Gasteiger partial charge in [-0.1, -0.05) is 0 Å². The summed E-state index contributed by atoms with van der Waals surface area (Å²) in [5.74, 6) is 2.09. The summed E-state index contributed by atoms with van der Waals surface area (Å²) < 4.78 is 5.70. The predicted octanol–water partition coefficient (Wildman–Crippen LogP) is 3.91. The molecule has 2 aromatic carbocycles. The highest BCUT2D eigenvalue weighted by molar-refractivity contribution is 5.82. The lowest BCUT2D eigenvalue weighted by Gasteiger charge is -2.34. The predicted molar refractivity (Wildman–Crippen MR) is 132 cm³/mol. The van der Waals surface area contributed by atoms with Gasteiger partial charge in [0, 0.05) is 60.8 Å². The Balaban J connectivity index is 1.34. The topological polar surface area (TPSA) is 94.2 Å². The van der Waals surface area contributed by atoms with E-state index >= 15 is 0 Å². The van der Waals surface area contributed by atoms with Crippen LogP contribution >= 0.6 is 0 Å². The second-order valence-corrected chi connectivity index (χ2v) is 8.32. The van der Waals surface area contributed by atoms with Crippen LogP contribution in [0.1, 0.15) is 5.56 Å². The summed E-state index contributed by atoms with van der Waals surface area (Å²) in [6.07, 6.45) is 3.61. The summed E-state index contributed by atoms with van der Waals surface area (Å²) in [7, 11) is 3.86. The van der Waals surface area contributed by atoms with Crippen molar-refractivity contribution in [2.24, 2.45) is 0 Å². The minimum absolute atomic E-state index is 0.514. The van der Waals surface area contributed by atoms with Crippen molar-refractivity contribution in [3.8, 4) is 5.75 Å². The van der Waals surface area contributed by atoms with Crippen LogP contribution < -0.4 is 20.3 Å². The first-order chi connectivity index (χ1) is 16.1. The van der Waals surface area contributed by atoms with Crippen molar-refractivity contribution in [2.75, 3.05) is 55.9 Å². The first-order valence-electron chi connectivity index (χ1n) is 11.0. The van der Waals surface area contributed by atoms with E-state index in [0.29, 0.717) is 5.95 Å². The van der Waals surface area contributed by atoms with Gasteiger partial charge in [-0.3, -0.25) is 5.10 Å². The fourth-order valence-corrected chi connectivity index (χ4v) is 3.97. The Bertz CT molecular complexity index is 1260. The van der Waals surface area contributed by atoms with Crippen molar-refractivity contribution < 1.29 is 4.74 Å². The van der Waals surface area contributed by atoms with Gasteiger partial charge in [0.1, 0.15) is 11.6 Å². The zero-order valence-corrected chi connectivity index (χ0v) is 19.1. The van der Waals surface area contributed by atoms with E-state index in [1.54, 1.807) is 13.3 Å². The number of aromatic amines is 1. The van der Waals surface area contributed by atoms with E-state index in [2.05, 4.69) is 48.7 Å². The number of ether oxygens (including phenoxy) is 1. The minimum atomic E-state index is 0.514. The molecule has 0 aliphatic carbocycles. The summed E-state index contributed by atoms with van der Waals surface area (Å²) in [6, 6.07) is 12.2. The number of piperazine rings is 1. The van der Waals surface area contributed by atoms with Crippen molar-refractivity contribution in [3.05, 3.63) is 54.4 Å². The molecule has 3 heterocycles.